The number of nitrogens with one attached hydrogen (secondary N) is 1. The van der Waals surface area contributed by atoms with Gasteiger partial charge >= 0.3 is 0 Å². The predicted octanol–water partition coefficient (Wildman–Crippen LogP) is 4.69. The van der Waals surface area contributed by atoms with Gasteiger partial charge in [-0.1, -0.05) is 37.3 Å². The number of benzene rings is 2. The summed E-state index contributed by atoms with van der Waals surface area (Å²) < 4.78 is 1.76. The Morgan fingerprint density at radius 3 is 2.55 bits per heavy atom. The molecule has 6 heteroatoms. The van der Waals surface area contributed by atoms with Crippen LogP contribution in [0.15, 0.2) is 71.3 Å². The molecule has 0 aliphatic carbocycles. The van der Waals surface area contributed by atoms with E-state index in [1.165, 1.54) is 11.9 Å². The smallest absolute Gasteiger partial charge is 0.261 e. The van der Waals surface area contributed by atoms with Crippen LogP contribution in [0.5, 0.6) is 0 Å². The Hall–Kier alpha value is -3.30. The fraction of sp³-hybridized carbons (Fsp3) is 0.174. The third-order valence-corrected chi connectivity index (χ3v) is 5.47. The molecule has 0 spiro atoms. The Morgan fingerprint density at radius 1 is 1.21 bits per heavy atom. The third kappa shape index (κ3) is 4.95. The monoisotopic (exact) mass is 402 g/mol. The molecule has 1 N–H and O–H groups in total. The Kier molecular flexibility index (Phi) is 6.88. The first-order valence-corrected chi connectivity index (χ1v) is 10.4. The number of carbonyl (C=O) groups excluding carboxylic acids is 1. The number of amides is 1. The van der Waals surface area contributed by atoms with Crippen molar-refractivity contribution in [2.45, 2.75) is 18.2 Å². The molecule has 5 nitrogen and oxygen atoms in total. The van der Waals surface area contributed by atoms with E-state index in [1.54, 1.807) is 10.8 Å². The topological polar surface area (TPSA) is 70.7 Å². The van der Waals surface area contributed by atoms with E-state index in [-0.39, 0.29) is 5.57 Å². The van der Waals surface area contributed by atoms with Crippen LogP contribution in [0.1, 0.15) is 18.9 Å². The summed E-state index contributed by atoms with van der Waals surface area (Å²) in [5.74, 6) is 0.658. The molecule has 1 aromatic heterocycles. The molecule has 0 aliphatic heterocycles. The van der Waals surface area contributed by atoms with Crippen molar-refractivity contribution < 1.29 is 4.79 Å². The average Bonchev–Trinajstić information content (AvgIpc) is 3.20. The maximum Gasteiger partial charge on any atom is 0.261 e. The van der Waals surface area contributed by atoms with Crippen LogP contribution < -0.4 is 5.32 Å². The fourth-order valence-corrected chi connectivity index (χ4v) is 3.57. The number of nitrogens with zero attached hydrogens (tertiary/aromatic N) is 3. The van der Waals surface area contributed by atoms with Crippen LogP contribution in [0.25, 0.3) is 23.0 Å². The number of likely N-dealkylation sites (N-methyl/N-ethyl adjacent to an activating group) is 1. The number of hydrogen-bond donors (Lipinski definition) is 1. The van der Waals surface area contributed by atoms with Crippen LogP contribution in [0, 0.1) is 11.3 Å². The summed E-state index contributed by atoms with van der Waals surface area (Å²) in [5, 5.41) is 16.6. The van der Waals surface area contributed by atoms with Crippen molar-refractivity contribution in [2.75, 3.05) is 12.8 Å². The molecule has 3 aromatic rings. The highest BCUT2D eigenvalue weighted by atomic mass is 32.2. The highest BCUT2D eigenvalue weighted by molar-refractivity contribution is 7.99. The lowest BCUT2D eigenvalue weighted by Crippen LogP contribution is -2.19. The number of para-hydroxylation sites is 1. The Balaban J connectivity index is 2.07. The number of aromatic nitrogens is 2. The zero-order valence-corrected chi connectivity index (χ0v) is 17.2. The summed E-state index contributed by atoms with van der Waals surface area (Å²) in [7, 11) is 1.51. The largest absolute Gasteiger partial charge is 0.354 e. The fourth-order valence-electron chi connectivity index (χ4n) is 2.80. The summed E-state index contributed by atoms with van der Waals surface area (Å²) in [6, 6.07) is 19.9. The molecule has 0 bridgehead atoms. The van der Waals surface area contributed by atoms with Crippen molar-refractivity contribution in [3.63, 3.8) is 0 Å². The molecule has 29 heavy (non-hydrogen) atoms. The first-order chi connectivity index (χ1) is 14.2. The second-order valence-corrected chi connectivity index (χ2v) is 7.50. The Bertz CT molecular complexity index is 1050. The van der Waals surface area contributed by atoms with E-state index in [4.69, 9.17) is 5.10 Å². The van der Waals surface area contributed by atoms with Crippen molar-refractivity contribution in [2.24, 2.45) is 0 Å². The molecular weight excluding hydrogens is 380 g/mol. The minimum absolute atomic E-state index is 0.0384. The molecule has 0 saturated carbocycles. The standard InChI is InChI=1S/C23H22N4OS/c1-3-13-29-21-11-9-17(10-12-21)22-19(14-18(15-24)23(28)25-2)16-27(26-22)20-7-5-4-6-8-20/h4-12,14,16H,3,13H2,1-2H3,(H,25,28). The minimum atomic E-state index is -0.419. The number of carbonyl (C=O) groups is 1. The lowest BCUT2D eigenvalue weighted by Gasteiger charge is -2.03. The van der Waals surface area contributed by atoms with Gasteiger partial charge in [0.25, 0.3) is 5.91 Å². The van der Waals surface area contributed by atoms with Crippen LogP contribution in [-0.2, 0) is 4.79 Å². The van der Waals surface area contributed by atoms with Gasteiger partial charge in [-0.15, -0.1) is 11.8 Å². The number of hydrogen-bond acceptors (Lipinski definition) is 4. The summed E-state index contributed by atoms with van der Waals surface area (Å²) in [5.41, 5.74) is 3.31. The van der Waals surface area contributed by atoms with Gasteiger partial charge in [0.2, 0.25) is 0 Å². The van der Waals surface area contributed by atoms with Crippen molar-refractivity contribution in [3.05, 3.63) is 71.9 Å². The van der Waals surface area contributed by atoms with E-state index in [2.05, 4.69) is 24.4 Å². The van der Waals surface area contributed by atoms with E-state index in [1.807, 2.05) is 66.5 Å². The molecule has 0 radical (unpaired) electrons. The van der Waals surface area contributed by atoms with Gasteiger partial charge in [-0.2, -0.15) is 10.4 Å². The number of rotatable bonds is 7. The second-order valence-electron chi connectivity index (χ2n) is 6.33. The van der Waals surface area contributed by atoms with Gasteiger partial charge < -0.3 is 5.32 Å². The zero-order valence-electron chi connectivity index (χ0n) is 16.4. The van der Waals surface area contributed by atoms with Crippen LogP contribution in [0.3, 0.4) is 0 Å². The molecule has 1 heterocycles. The van der Waals surface area contributed by atoms with Crippen LogP contribution in [-0.4, -0.2) is 28.5 Å². The minimum Gasteiger partial charge on any atom is -0.354 e. The molecule has 3 rings (SSSR count). The van der Waals surface area contributed by atoms with Gasteiger partial charge in [0.1, 0.15) is 11.6 Å². The van der Waals surface area contributed by atoms with E-state index in [9.17, 15) is 10.1 Å². The zero-order chi connectivity index (χ0) is 20.6. The summed E-state index contributed by atoms with van der Waals surface area (Å²) in [4.78, 5) is 13.2. The van der Waals surface area contributed by atoms with Crippen molar-refractivity contribution >= 4 is 23.7 Å². The second kappa shape index (κ2) is 9.76. The van der Waals surface area contributed by atoms with E-state index >= 15 is 0 Å². The lowest BCUT2D eigenvalue weighted by atomic mass is 10.1. The Labute approximate surface area is 175 Å². The van der Waals surface area contributed by atoms with Crippen LogP contribution in [0.2, 0.25) is 0 Å². The normalized spacial score (nSPS) is 11.1. The lowest BCUT2D eigenvalue weighted by molar-refractivity contribution is -0.116. The van der Waals surface area contributed by atoms with Crippen LogP contribution in [0.4, 0.5) is 0 Å². The predicted molar refractivity (Wildman–Crippen MR) is 118 cm³/mol. The molecule has 0 unspecified atom stereocenters. The van der Waals surface area contributed by atoms with Gasteiger partial charge in [0.15, 0.2) is 0 Å². The average molecular weight is 403 g/mol. The van der Waals surface area contributed by atoms with Gasteiger partial charge in [-0.05, 0) is 42.5 Å². The summed E-state index contributed by atoms with van der Waals surface area (Å²) in [6.07, 6.45) is 4.55. The van der Waals surface area contributed by atoms with Gasteiger partial charge in [0, 0.05) is 29.3 Å². The first-order valence-electron chi connectivity index (χ1n) is 9.38. The van der Waals surface area contributed by atoms with Crippen molar-refractivity contribution in [1.82, 2.24) is 15.1 Å². The molecule has 1 amide bonds. The number of thioether (sulfide) groups is 1. The van der Waals surface area contributed by atoms with E-state index in [0.29, 0.717) is 5.56 Å². The molecular formula is C23H22N4OS. The molecule has 0 fully saturated rings. The molecule has 0 atom stereocenters. The first kappa shape index (κ1) is 20.4. The molecule has 0 saturated heterocycles. The van der Waals surface area contributed by atoms with Gasteiger partial charge in [-0.25, -0.2) is 4.68 Å². The third-order valence-electron chi connectivity index (χ3n) is 4.26. The number of nitriles is 1. The van der Waals surface area contributed by atoms with Crippen molar-refractivity contribution in [3.8, 4) is 23.0 Å². The molecule has 0 aliphatic rings. The SMILES string of the molecule is CCCSc1ccc(-c2nn(-c3ccccc3)cc2C=C(C#N)C(=O)NC)cc1. The van der Waals surface area contributed by atoms with Crippen molar-refractivity contribution in [1.29, 1.82) is 5.26 Å². The molecule has 146 valence electrons. The van der Waals surface area contributed by atoms with Gasteiger partial charge in [-0.3, -0.25) is 4.79 Å². The molecule has 2 aromatic carbocycles. The maximum absolute atomic E-state index is 12.0. The highest BCUT2D eigenvalue weighted by Gasteiger charge is 2.14. The highest BCUT2D eigenvalue weighted by Crippen LogP contribution is 2.28. The van der Waals surface area contributed by atoms with Gasteiger partial charge in [0.05, 0.1) is 11.4 Å². The summed E-state index contributed by atoms with van der Waals surface area (Å²) >= 11 is 1.82. The van der Waals surface area contributed by atoms with E-state index < -0.39 is 5.91 Å². The quantitative estimate of drug-likeness (QED) is 0.353. The Morgan fingerprint density at radius 2 is 1.93 bits per heavy atom. The van der Waals surface area contributed by atoms with Crippen LogP contribution >= 0.6 is 11.8 Å². The summed E-state index contributed by atoms with van der Waals surface area (Å²) in [6.45, 7) is 2.16. The van der Waals surface area contributed by atoms with E-state index in [0.717, 1.165) is 29.1 Å². The maximum atomic E-state index is 12.0.